The SMILES string of the molecule is CC(C)(C)c1ccc(NC(=O)CCN(Cc2cccc3ccccc23)C2CC2)cc1. The summed E-state index contributed by atoms with van der Waals surface area (Å²) < 4.78 is 0. The van der Waals surface area contributed by atoms with Gasteiger partial charge in [0, 0.05) is 31.2 Å². The number of hydrogen-bond acceptors (Lipinski definition) is 2. The first-order valence-electron chi connectivity index (χ1n) is 11.0. The smallest absolute Gasteiger partial charge is 0.225 e. The molecule has 4 rings (SSSR count). The van der Waals surface area contributed by atoms with Crippen LogP contribution < -0.4 is 5.32 Å². The van der Waals surface area contributed by atoms with Crippen molar-refractivity contribution in [2.45, 2.75) is 58.0 Å². The lowest BCUT2D eigenvalue weighted by Gasteiger charge is -2.23. The standard InChI is InChI=1S/C27H32N2O/c1-27(2,3)22-11-13-23(14-12-22)28-26(30)17-18-29(24-15-16-24)19-21-9-6-8-20-7-4-5-10-25(20)21/h4-14,24H,15-19H2,1-3H3,(H,28,30). The third-order valence-corrected chi connectivity index (χ3v) is 5.98. The lowest BCUT2D eigenvalue weighted by atomic mass is 9.87. The van der Waals surface area contributed by atoms with E-state index in [0.29, 0.717) is 12.5 Å². The number of anilines is 1. The quantitative estimate of drug-likeness (QED) is 0.517. The second kappa shape index (κ2) is 8.61. The molecule has 0 atom stereocenters. The van der Waals surface area contributed by atoms with E-state index in [2.05, 4.69) is 85.6 Å². The molecular formula is C27H32N2O. The molecule has 1 N–H and O–H groups in total. The van der Waals surface area contributed by atoms with E-state index < -0.39 is 0 Å². The van der Waals surface area contributed by atoms with E-state index in [1.165, 1.54) is 34.7 Å². The van der Waals surface area contributed by atoms with E-state index in [1.54, 1.807) is 0 Å². The molecule has 0 spiro atoms. The summed E-state index contributed by atoms with van der Waals surface area (Å²) >= 11 is 0. The van der Waals surface area contributed by atoms with Crippen LogP contribution in [0.2, 0.25) is 0 Å². The molecule has 0 unspecified atom stereocenters. The van der Waals surface area contributed by atoms with Crippen molar-refractivity contribution in [3.05, 3.63) is 77.9 Å². The molecule has 30 heavy (non-hydrogen) atoms. The molecule has 0 aromatic heterocycles. The zero-order valence-corrected chi connectivity index (χ0v) is 18.3. The van der Waals surface area contributed by atoms with Gasteiger partial charge >= 0.3 is 0 Å². The van der Waals surface area contributed by atoms with Gasteiger partial charge in [-0.1, -0.05) is 75.4 Å². The highest BCUT2D eigenvalue weighted by Gasteiger charge is 2.29. The summed E-state index contributed by atoms with van der Waals surface area (Å²) in [7, 11) is 0. The minimum Gasteiger partial charge on any atom is -0.326 e. The van der Waals surface area contributed by atoms with Gasteiger partial charge < -0.3 is 5.32 Å². The molecule has 156 valence electrons. The topological polar surface area (TPSA) is 32.3 Å². The van der Waals surface area contributed by atoms with Crippen LogP contribution in [0.1, 0.15) is 51.2 Å². The number of rotatable bonds is 7. The second-order valence-corrected chi connectivity index (χ2v) is 9.47. The fourth-order valence-electron chi connectivity index (χ4n) is 4.00. The molecule has 1 aliphatic carbocycles. The van der Waals surface area contributed by atoms with Crippen LogP contribution >= 0.6 is 0 Å². The van der Waals surface area contributed by atoms with Crippen LogP contribution in [0.3, 0.4) is 0 Å². The minimum absolute atomic E-state index is 0.0853. The van der Waals surface area contributed by atoms with Crippen LogP contribution in [-0.2, 0) is 16.8 Å². The molecule has 1 aliphatic rings. The van der Waals surface area contributed by atoms with Crippen molar-refractivity contribution < 1.29 is 4.79 Å². The molecule has 0 aliphatic heterocycles. The Morgan fingerprint density at radius 1 is 0.967 bits per heavy atom. The molecule has 3 heteroatoms. The Labute approximate surface area is 180 Å². The van der Waals surface area contributed by atoms with E-state index in [9.17, 15) is 4.79 Å². The third-order valence-electron chi connectivity index (χ3n) is 5.98. The number of benzene rings is 3. The summed E-state index contributed by atoms with van der Waals surface area (Å²) in [6.45, 7) is 8.29. The zero-order chi connectivity index (χ0) is 21.1. The Bertz CT molecular complexity index is 1010. The molecule has 0 saturated heterocycles. The summed E-state index contributed by atoms with van der Waals surface area (Å²) in [4.78, 5) is 15.0. The highest BCUT2D eigenvalue weighted by atomic mass is 16.1. The minimum atomic E-state index is 0.0853. The van der Waals surface area contributed by atoms with Crippen molar-refractivity contribution in [3.8, 4) is 0 Å². The summed E-state index contributed by atoms with van der Waals surface area (Å²) in [6.07, 6.45) is 2.99. The van der Waals surface area contributed by atoms with Crippen molar-refractivity contribution in [1.82, 2.24) is 4.90 Å². The molecule has 3 aromatic carbocycles. The Balaban J connectivity index is 1.37. The van der Waals surface area contributed by atoms with Gasteiger partial charge in [0.25, 0.3) is 0 Å². The first-order chi connectivity index (χ1) is 14.4. The number of carbonyl (C=O) groups is 1. The monoisotopic (exact) mass is 400 g/mol. The van der Waals surface area contributed by atoms with Crippen molar-refractivity contribution in [3.63, 3.8) is 0 Å². The first kappa shape index (κ1) is 20.6. The Morgan fingerprint density at radius 3 is 2.37 bits per heavy atom. The molecule has 1 saturated carbocycles. The summed E-state index contributed by atoms with van der Waals surface area (Å²) in [6, 6.07) is 23.9. The molecule has 1 fully saturated rings. The Morgan fingerprint density at radius 2 is 1.67 bits per heavy atom. The maximum absolute atomic E-state index is 12.6. The number of amides is 1. The van der Waals surface area contributed by atoms with Gasteiger partial charge in [-0.15, -0.1) is 0 Å². The van der Waals surface area contributed by atoms with Crippen LogP contribution in [-0.4, -0.2) is 23.4 Å². The largest absolute Gasteiger partial charge is 0.326 e. The Hall–Kier alpha value is -2.65. The highest BCUT2D eigenvalue weighted by molar-refractivity contribution is 5.90. The molecule has 3 nitrogen and oxygen atoms in total. The van der Waals surface area contributed by atoms with Gasteiger partial charge in [-0.3, -0.25) is 9.69 Å². The average molecular weight is 401 g/mol. The van der Waals surface area contributed by atoms with E-state index in [-0.39, 0.29) is 11.3 Å². The van der Waals surface area contributed by atoms with E-state index >= 15 is 0 Å². The second-order valence-electron chi connectivity index (χ2n) is 9.47. The molecular weight excluding hydrogens is 368 g/mol. The van der Waals surface area contributed by atoms with Gasteiger partial charge in [-0.2, -0.15) is 0 Å². The summed E-state index contributed by atoms with van der Waals surface area (Å²) in [5, 5.41) is 5.66. The summed E-state index contributed by atoms with van der Waals surface area (Å²) in [5.41, 5.74) is 3.61. The maximum atomic E-state index is 12.6. The van der Waals surface area contributed by atoms with Crippen molar-refractivity contribution in [1.29, 1.82) is 0 Å². The first-order valence-corrected chi connectivity index (χ1v) is 11.0. The molecule has 3 aromatic rings. The number of nitrogens with one attached hydrogen (secondary N) is 1. The van der Waals surface area contributed by atoms with Crippen LogP contribution in [0.5, 0.6) is 0 Å². The van der Waals surface area contributed by atoms with Crippen LogP contribution in [0.25, 0.3) is 10.8 Å². The van der Waals surface area contributed by atoms with Crippen molar-refractivity contribution in [2.75, 3.05) is 11.9 Å². The van der Waals surface area contributed by atoms with Gasteiger partial charge in [0.2, 0.25) is 5.91 Å². The van der Waals surface area contributed by atoms with Crippen LogP contribution in [0, 0.1) is 0 Å². The summed E-state index contributed by atoms with van der Waals surface area (Å²) in [5.74, 6) is 0.0853. The predicted octanol–water partition coefficient (Wildman–Crippen LogP) is 6.13. The van der Waals surface area contributed by atoms with E-state index in [1.807, 2.05) is 12.1 Å². The zero-order valence-electron chi connectivity index (χ0n) is 18.3. The molecule has 0 radical (unpaired) electrons. The van der Waals surface area contributed by atoms with Crippen LogP contribution in [0.15, 0.2) is 66.7 Å². The van der Waals surface area contributed by atoms with Gasteiger partial charge in [0.05, 0.1) is 0 Å². The highest BCUT2D eigenvalue weighted by Crippen LogP contribution is 2.30. The number of fused-ring (bicyclic) bond motifs is 1. The number of nitrogens with zero attached hydrogens (tertiary/aromatic N) is 1. The third kappa shape index (κ3) is 5.09. The van der Waals surface area contributed by atoms with Crippen molar-refractivity contribution >= 4 is 22.4 Å². The van der Waals surface area contributed by atoms with E-state index in [0.717, 1.165) is 18.8 Å². The van der Waals surface area contributed by atoms with Crippen LogP contribution in [0.4, 0.5) is 5.69 Å². The average Bonchev–Trinajstić information content (AvgIpc) is 3.56. The molecule has 1 amide bonds. The van der Waals surface area contributed by atoms with E-state index in [4.69, 9.17) is 0 Å². The predicted molar refractivity (Wildman–Crippen MR) is 126 cm³/mol. The van der Waals surface area contributed by atoms with Crippen molar-refractivity contribution in [2.24, 2.45) is 0 Å². The number of carbonyl (C=O) groups excluding carboxylic acids is 1. The number of hydrogen-bond donors (Lipinski definition) is 1. The van der Waals surface area contributed by atoms with Gasteiger partial charge in [0.15, 0.2) is 0 Å². The molecule has 0 heterocycles. The molecule has 0 bridgehead atoms. The lowest BCUT2D eigenvalue weighted by molar-refractivity contribution is -0.116. The van der Waals surface area contributed by atoms with Gasteiger partial charge in [-0.25, -0.2) is 0 Å². The Kier molecular flexibility index (Phi) is 5.92. The fraction of sp³-hybridized carbons (Fsp3) is 0.370. The van der Waals surface area contributed by atoms with Gasteiger partial charge in [-0.05, 0) is 52.3 Å². The van der Waals surface area contributed by atoms with Gasteiger partial charge in [0.1, 0.15) is 0 Å². The maximum Gasteiger partial charge on any atom is 0.225 e. The lowest BCUT2D eigenvalue weighted by Crippen LogP contribution is -2.29. The fourth-order valence-corrected chi connectivity index (χ4v) is 4.00. The normalized spacial score (nSPS) is 14.3.